The van der Waals surface area contributed by atoms with Crippen LogP contribution in [-0.4, -0.2) is 24.9 Å². The van der Waals surface area contributed by atoms with Gasteiger partial charge < -0.3 is 11.1 Å². The second kappa shape index (κ2) is 6.67. The van der Waals surface area contributed by atoms with Gasteiger partial charge in [0, 0.05) is 18.5 Å². The summed E-state index contributed by atoms with van der Waals surface area (Å²) in [5, 5.41) is 2.75. The van der Waals surface area contributed by atoms with E-state index in [0.717, 1.165) is 6.07 Å². The molecule has 0 spiro atoms. The van der Waals surface area contributed by atoms with E-state index in [2.05, 4.69) is 30.2 Å². The molecule has 0 bridgehead atoms. The molecule has 0 atom stereocenters. The lowest BCUT2D eigenvalue weighted by Gasteiger charge is -2.11. The summed E-state index contributed by atoms with van der Waals surface area (Å²) in [6.07, 6.45) is -1.71. The molecule has 0 aromatic carbocycles. The number of pyridine rings is 1. The van der Waals surface area contributed by atoms with E-state index in [1.54, 1.807) is 12.1 Å². The lowest BCUT2D eigenvalue weighted by molar-refractivity contribution is -0.141. The van der Waals surface area contributed by atoms with Gasteiger partial charge in [-0.25, -0.2) is 19.9 Å². The predicted molar refractivity (Wildman–Crippen MR) is 84.0 cm³/mol. The van der Waals surface area contributed by atoms with Crippen molar-refractivity contribution in [3.05, 3.63) is 54.2 Å². The van der Waals surface area contributed by atoms with Crippen molar-refractivity contribution in [1.29, 1.82) is 0 Å². The van der Waals surface area contributed by atoms with Crippen LogP contribution in [0.15, 0.2) is 42.7 Å². The third-order valence-corrected chi connectivity index (χ3v) is 3.07. The molecule has 0 amide bonds. The van der Waals surface area contributed by atoms with Crippen molar-refractivity contribution in [3.8, 4) is 11.5 Å². The number of aromatic nitrogens is 5. The maximum atomic E-state index is 13.1. The molecule has 0 radical (unpaired) electrons. The molecule has 3 aromatic rings. The molecule has 3 N–H and O–H groups in total. The fraction of sp³-hybridized carbons (Fsp3) is 0.133. The molecule has 10 heteroatoms. The van der Waals surface area contributed by atoms with E-state index < -0.39 is 11.9 Å². The molecule has 25 heavy (non-hydrogen) atoms. The largest absolute Gasteiger partial charge is 0.433 e. The van der Waals surface area contributed by atoms with Gasteiger partial charge in [-0.05, 0) is 18.2 Å². The first-order valence-electron chi connectivity index (χ1n) is 7.11. The number of hydrogen-bond acceptors (Lipinski definition) is 7. The van der Waals surface area contributed by atoms with E-state index in [1.165, 1.54) is 24.5 Å². The first-order valence-corrected chi connectivity index (χ1v) is 7.11. The van der Waals surface area contributed by atoms with Crippen molar-refractivity contribution in [2.75, 3.05) is 11.1 Å². The summed E-state index contributed by atoms with van der Waals surface area (Å²) in [5.41, 5.74) is 4.71. The fourth-order valence-electron chi connectivity index (χ4n) is 1.96. The van der Waals surface area contributed by atoms with Crippen LogP contribution in [0.5, 0.6) is 0 Å². The van der Waals surface area contributed by atoms with Crippen LogP contribution in [-0.2, 0) is 12.7 Å². The summed E-state index contributed by atoms with van der Waals surface area (Å²) in [5.74, 6) is 0.437. The number of hydrogen-bond donors (Lipinski definition) is 2. The van der Waals surface area contributed by atoms with Gasteiger partial charge in [0.05, 0.1) is 6.54 Å². The van der Waals surface area contributed by atoms with E-state index in [9.17, 15) is 13.2 Å². The predicted octanol–water partition coefficient (Wildman–Crippen LogP) is 2.54. The summed E-state index contributed by atoms with van der Waals surface area (Å²) < 4.78 is 39.3. The molecule has 0 fully saturated rings. The number of nitrogens with zero attached hydrogens (tertiary/aromatic N) is 5. The Kier molecular flexibility index (Phi) is 4.42. The molecule has 3 aromatic heterocycles. The molecule has 0 saturated heterocycles. The van der Waals surface area contributed by atoms with Crippen LogP contribution in [0, 0.1) is 0 Å². The second-order valence-electron chi connectivity index (χ2n) is 4.93. The SMILES string of the molecule is Nc1ccnc(CNc2cc(C(F)(F)F)nc(-c3ccccn3)n2)n1. The zero-order valence-electron chi connectivity index (χ0n) is 12.7. The summed E-state index contributed by atoms with van der Waals surface area (Å²) in [6, 6.07) is 7.14. The smallest absolute Gasteiger partial charge is 0.384 e. The van der Waals surface area contributed by atoms with Gasteiger partial charge in [0.15, 0.2) is 11.5 Å². The Morgan fingerprint density at radius 3 is 2.52 bits per heavy atom. The number of nitrogen functional groups attached to an aromatic ring is 1. The minimum Gasteiger partial charge on any atom is -0.384 e. The van der Waals surface area contributed by atoms with Gasteiger partial charge in [-0.3, -0.25) is 4.98 Å². The highest BCUT2D eigenvalue weighted by atomic mass is 19.4. The molecular formula is C15H12F3N7. The van der Waals surface area contributed by atoms with Crippen LogP contribution < -0.4 is 11.1 Å². The molecule has 0 aliphatic heterocycles. The van der Waals surface area contributed by atoms with Gasteiger partial charge in [-0.15, -0.1) is 0 Å². The minimum absolute atomic E-state index is 0.0194. The fourth-order valence-corrected chi connectivity index (χ4v) is 1.96. The zero-order valence-corrected chi connectivity index (χ0v) is 12.7. The van der Waals surface area contributed by atoms with Crippen LogP contribution >= 0.6 is 0 Å². The topological polar surface area (TPSA) is 102 Å². The normalized spacial score (nSPS) is 11.3. The van der Waals surface area contributed by atoms with Crippen LogP contribution in [0.2, 0.25) is 0 Å². The monoisotopic (exact) mass is 347 g/mol. The Labute approximate surface area is 140 Å². The van der Waals surface area contributed by atoms with E-state index in [0.29, 0.717) is 5.82 Å². The van der Waals surface area contributed by atoms with E-state index in [4.69, 9.17) is 5.73 Å². The number of nitrogens with two attached hydrogens (primary N) is 1. The van der Waals surface area contributed by atoms with Crippen LogP contribution in [0.25, 0.3) is 11.5 Å². The average Bonchev–Trinajstić information content (AvgIpc) is 2.60. The lowest BCUT2D eigenvalue weighted by Crippen LogP contribution is -2.13. The molecule has 7 nitrogen and oxygen atoms in total. The van der Waals surface area contributed by atoms with Crippen LogP contribution in [0.4, 0.5) is 24.8 Å². The van der Waals surface area contributed by atoms with Crippen molar-refractivity contribution >= 4 is 11.6 Å². The maximum Gasteiger partial charge on any atom is 0.433 e. The van der Waals surface area contributed by atoms with Gasteiger partial charge in [-0.2, -0.15) is 13.2 Å². The zero-order chi connectivity index (χ0) is 17.9. The second-order valence-corrected chi connectivity index (χ2v) is 4.93. The standard InChI is InChI=1S/C15H12F3N7/c16-15(17,18)10-7-12(22-8-13-21-6-4-11(19)24-13)25-14(23-10)9-3-1-2-5-20-9/h1-7H,8H2,(H2,19,21,24)(H,22,23,25). The third-order valence-electron chi connectivity index (χ3n) is 3.07. The van der Waals surface area contributed by atoms with E-state index >= 15 is 0 Å². The average molecular weight is 347 g/mol. The first kappa shape index (κ1) is 16.6. The van der Waals surface area contributed by atoms with E-state index in [1.807, 2.05) is 0 Å². The van der Waals surface area contributed by atoms with Gasteiger partial charge in [-0.1, -0.05) is 6.07 Å². The molecular weight excluding hydrogens is 335 g/mol. The van der Waals surface area contributed by atoms with Gasteiger partial charge >= 0.3 is 6.18 Å². The Hall–Kier alpha value is -3.30. The third kappa shape index (κ3) is 4.16. The number of rotatable bonds is 4. The van der Waals surface area contributed by atoms with Crippen LogP contribution in [0.1, 0.15) is 11.5 Å². The Balaban J connectivity index is 1.92. The van der Waals surface area contributed by atoms with Crippen molar-refractivity contribution < 1.29 is 13.2 Å². The highest BCUT2D eigenvalue weighted by molar-refractivity contribution is 5.53. The summed E-state index contributed by atoms with van der Waals surface area (Å²) in [6.45, 7) is 0.0566. The van der Waals surface area contributed by atoms with Crippen molar-refractivity contribution in [2.45, 2.75) is 12.7 Å². The Morgan fingerprint density at radius 2 is 1.84 bits per heavy atom. The Bertz CT molecular complexity index is 868. The quantitative estimate of drug-likeness (QED) is 0.747. The van der Waals surface area contributed by atoms with Gasteiger partial charge in [0.25, 0.3) is 0 Å². The molecule has 3 heterocycles. The van der Waals surface area contributed by atoms with Crippen molar-refractivity contribution in [3.63, 3.8) is 0 Å². The molecule has 3 rings (SSSR count). The number of halogens is 3. The molecule has 0 aliphatic carbocycles. The summed E-state index contributed by atoms with van der Waals surface area (Å²) in [4.78, 5) is 19.6. The number of anilines is 2. The Morgan fingerprint density at radius 1 is 1.00 bits per heavy atom. The maximum absolute atomic E-state index is 13.1. The number of alkyl halides is 3. The van der Waals surface area contributed by atoms with Crippen molar-refractivity contribution in [1.82, 2.24) is 24.9 Å². The van der Waals surface area contributed by atoms with Gasteiger partial charge in [0.1, 0.15) is 23.2 Å². The highest BCUT2D eigenvalue weighted by Crippen LogP contribution is 2.30. The van der Waals surface area contributed by atoms with E-state index in [-0.39, 0.29) is 29.7 Å². The van der Waals surface area contributed by atoms with Crippen LogP contribution in [0.3, 0.4) is 0 Å². The van der Waals surface area contributed by atoms with Crippen molar-refractivity contribution in [2.24, 2.45) is 0 Å². The number of nitrogens with one attached hydrogen (secondary N) is 1. The first-order chi connectivity index (χ1) is 11.9. The molecule has 128 valence electrons. The summed E-state index contributed by atoms with van der Waals surface area (Å²) in [7, 11) is 0. The molecule has 0 saturated carbocycles. The lowest BCUT2D eigenvalue weighted by atomic mass is 10.3. The van der Waals surface area contributed by atoms with Gasteiger partial charge in [0.2, 0.25) is 0 Å². The highest BCUT2D eigenvalue weighted by Gasteiger charge is 2.34. The molecule has 0 unspecified atom stereocenters. The minimum atomic E-state index is -4.61. The summed E-state index contributed by atoms with van der Waals surface area (Å²) >= 11 is 0. The molecule has 0 aliphatic rings.